The Morgan fingerprint density at radius 1 is 1.00 bits per heavy atom. The van der Waals surface area contributed by atoms with Gasteiger partial charge in [-0.2, -0.15) is 0 Å². The van der Waals surface area contributed by atoms with Gasteiger partial charge in [0.15, 0.2) is 0 Å². The number of benzene rings is 1. The highest BCUT2D eigenvalue weighted by Crippen LogP contribution is 2.07. The van der Waals surface area contributed by atoms with Crippen LogP contribution in [0.15, 0.2) is 24.3 Å². The van der Waals surface area contributed by atoms with Crippen molar-refractivity contribution >= 4 is 13.3 Å². The van der Waals surface area contributed by atoms with E-state index in [2.05, 4.69) is 62.7 Å². The summed E-state index contributed by atoms with van der Waals surface area (Å²) < 4.78 is 0. The van der Waals surface area contributed by atoms with Crippen LogP contribution in [0.4, 0.5) is 0 Å². The second kappa shape index (κ2) is 6.36. The van der Waals surface area contributed by atoms with Crippen LogP contribution in [0.25, 0.3) is 0 Å². The lowest BCUT2D eigenvalue weighted by atomic mass is 10.2. The van der Waals surface area contributed by atoms with Gasteiger partial charge in [0.05, 0.1) is 8.07 Å². The van der Waals surface area contributed by atoms with E-state index in [1.807, 2.05) is 0 Å². The summed E-state index contributed by atoms with van der Waals surface area (Å²) in [6.45, 7) is 15.1. The fraction of sp³-hybridized carbons (Fsp3) is 0.600. The van der Waals surface area contributed by atoms with Crippen LogP contribution >= 0.6 is 0 Å². The lowest BCUT2D eigenvalue weighted by Crippen LogP contribution is -2.37. The maximum Gasteiger partial charge on any atom is 0.0775 e. The zero-order chi connectivity index (χ0) is 12.9. The summed E-state index contributed by atoms with van der Waals surface area (Å²) in [4.78, 5) is 2.50. The number of hydrogen-bond donors (Lipinski definition) is 0. The van der Waals surface area contributed by atoms with E-state index in [9.17, 15) is 0 Å². The van der Waals surface area contributed by atoms with Crippen molar-refractivity contribution in [1.82, 2.24) is 4.90 Å². The molecule has 1 nitrogen and oxygen atoms in total. The van der Waals surface area contributed by atoms with Crippen LogP contribution in [0.3, 0.4) is 0 Å². The third-order valence-corrected chi connectivity index (χ3v) is 5.28. The molecule has 0 fully saturated rings. The van der Waals surface area contributed by atoms with Gasteiger partial charge in [-0.05, 0) is 25.1 Å². The van der Waals surface area contributed by atoms with Crippen molar-refractivity contribution in [3.05, 3.63) is 29.8 Å². The first-order chi connectivity index (χ1) is 7.97. The van der Waals surface area contributed by atoms with Gasteiger partial charge in [0.2, 0.25) is 0 Å². The van der Waals surface area contributed by atoms with E-state index in [0.29, 0.717) is 0 Å². The molecule has 0 aliphatic heterocycles. The predicted molar refractivity (Wildman–Crippen MR) is 80.7 cm³/mol. The fourth-order valence-corrected chi connectivity index (χ4v) is 3.20. The average Bonchev–Trinajstić information content (AvgIpc) is 2.28. The highest BCUT2D eigenvalue weighted by molar-refractivity contribution is 6.88. The van der Waals surface area contributed by atoms with Crippen molar-refractivity contribution in [2.75, 3.05) is 13.1 Å². The van der Waals surface area contributed by atoms with E-state index >= 15 is 0 Å². The minimum absolute atomic E-state index is 1.09. The van der Waals surface area contributed by atoms with Crippen LogP contribution in [-0.2, 0) is 6.54 Å². The third kappa shape index (κ3) is 4.64. The molecule has 0 unspecified atom stereocenters. The summed E-state index contributed by atoms with van der Waals surface area (Å²) in [5.41, 5.74) is 1.45. The van der Waals surface area contributed by atoms with Crippen molar-refractivity contribution in [1.29, 1.82) is 0 Å². The number of nitrogens with zero attached hydrogens (tertiary/aromatic N) is 1. The van der Waals surface area contributed by atoms with Gasteiger partial charge in [-0.15, -0.1) is 0 Å². The zero-order valence-corrected chi connectivity index (χ0v) is 13.1. The molecule has 0 aromatic heterocycles. The summed E-state index contributed by atoms with van der Waals surface area (Å²) in [5.74, 6) is 0. The highest BCUT2D eigenvalue weighted by atomic mass is 28.3. The van der Waals surface area contributed by atoms with Crippen LogP contribution in [0.1, 0.15) is 25.8 Å². The van der Waals surface area contributed by atoms with Gasteiger partial charge in [-0.25, -0.2) is 0 Å². The first kappa shape index (κ1) is 14.5. The molecule has 1 aromatic carbocycles. The molecule has 0 saturated heterocycles. The molecule has 0 amide bonds. The summed E-state index contributed by atoms with van der Waals surface area (Å²) in [6.07, 6.45) is 1.24. The van der Waals surface area contributed by atoms with Gasteiger partial charge < -0.3 is 0 Å². The Kier molecular flexibility index (Phi) is 5.41. The normalized spacial score (nSPS) is 12.1. The monoisotopic (exact) mass is 249 g/mol. The summed E-state index contributed by atoms with van der Waals surface area (Å²) in [7, 11) is -1.13. The van der Waals surface area contributed by atoms with E-state index in [1.54, 1.807) is 5.19 Å². The molecular formula is C15H27NSi. The van der Waals surface area contributed by atoms with E-state index in [4.69, 9.17) is 0 Å². The van der Waals surface area contributed by atoms with Crippen LogP contribution in [0, 0.1) is 0 Å². The fourth-order valence-electron chi connectivity index (χ4n) is 2.03. The van der Waals surface area contributed by atoms with Gasteiger partial charge in [-0.1, -0.05) is 62.9 Å². The highest BCUT2D eigenvalue weighted by Gasteiger charge is 2.15. The van der Waals surface area contributed by atoms with Crippen LogP contribution in [0.5, 0.6) is 0 Å². The maximum atomic E-state index is 2.50. The first-order valence-electron chi connectivity index (χ1n) is 6.79. The molecule has 17 heavy (non-hydrogen) atoms. The Hall–Kier alpha value is -0.603. The van der Waals surface area contributed by atoms with Gasteiger partial charge in [0.25, 0.3) is 0 Å². The van der Waals surface area contributed by atoms with Crippen LogP contribution < -0.4 is 5.19 Å². The molecular weight excluding hydrogens is 222 g/mol. The van der Waals surface area contributed by atoms with Crippen molar-refractivity contribution in [3.63, 3.8) is 0 Å². The molecule has 1 rings (SSSR count). The summed E-state index contributed by atoms with van der Waals surface area (Å²) >= 11 is 0. The molecule has 96 valence electrons. The van der Waals surface area contributed by atoms with Crippen molar-refractivity contribution < 1.29 is 0 Å². The standard InChI is InChI=1S/C15H27NSi/c1-6-12-16(7-2)13-14-8-10-15(11-9-14)17(3,4)5/h8-11H,6-7,12-13H2,1-5H3. The summed E-state index contributed by atoms with van der Waals surface area (Å²) in [5, 5.41) is 1.56. The van der Waals surface area contributed by atoms with Gasteiger partial charge >= 0.3 is 0 Å². The largest absolute Gasteiger partial charge is 0.299 e. The second-order valence-electron chi connectivity index (χ2n) is 5.82. The minimum atomic E-state index is -1.13. The maximum absolute atomic E-state index is 2.50. The molecule has 0 radical (unpaired) electrons. The van der Waals surface area contributed by atoms with Crippen LogP contribution in [-0.4, -0.2) is 26.1 Å². The lowest BCUT2D eigenvalue weighted by molar-refractivity contribution is 0.280. The zero-order valence-electron chi connectivity index (χ0n) is 12.1. The van der Waals surface area contributed by atoms with Gasteiger partial charge in [-0.3, -0.25) is 4.90 Å². The summed E-state index contributed by atoms with van der Waals surface area (Å²) in [6, 6.07) is 9.29. The van der Waals surface area contributed by atoms with Crippen LogP contribution in [0.2, 0.25) is 19.6 Å². The van der Waals surface area contributed by atoms with Gasteiger partial charge in [0.1, 0.15) is 0 Å². The SMILES string of the molecule is CCCN(CC)Cc1ccc([Si](C)(C)C)cc1. The molecule has 0 atom stereocenters. The van der Waals surface area contributed by atoms with Crippen molar-refractivity contribution in [2.45, 2.75) is 46.5 Å². The van der Waals surface area contributed by atoms with E-state index in [0.717, 1.165) is 13.1 Å². The molecule has 0 N–H and O–H groups in total. The smallest absolute Gasteiger partial charge is 0.0775 e. The quantitative estimate of drug-likeness (QED) is 0.698. The molecule has 0 heterocycles. The van der Waals surface area contributed by atoms with E-state index in [-0.39, 0.29) is 0 Å². The van der Waals surface area contributed by atoms with Crippen molar-refractivity contribution in [3.8, 4) is 0 Å². The molecule has 0 saturated carbocycles. The Bertz CT molecular complexity index is 324. The Morgan fingerprint density at radius 3 is 2.00 bits per heavy atom. The lowest BCUT2D eigenvalue weighted by Gasteiger charge is -2.21. The molecule has 2 heteroatoms. The second-order valence-corrected chi connectivity index (χ2v) is 10.9. The van der Waals surface area contributed by atoms with Crippen molar-refractivity contribution in [2.24, 2.45) is 0 Å². The molecule has 0 aliphatic carbocycles. The number of hydrogen-bond acceptors (Lipinski definition) is 1. The first-order valence-corrected chi connectivity index (χ1v) is 10.3. The molecule has 0 bridgehead atoms. The predicted octanol–water partition coefficient (Wildman–Crippen LogP) is 3.46. The average molecular weight is 249 g/mol. The Balaban J connectivity index is 2.68. The molecule has 0 spiro atoms. The minimum Gasteiger partial charge on any atom is -0.299 e. The topological polar surface area (TPSA) is 3.24 Å². The third-order valence-electron chi connectivity index (χ3n) is 3.21. The Labute approximate surface area is 108 Å². The van der Waals surface area contributed by atoms with E-state index in [1.165, 1.54) is 18.5 Å². The molecule has 1 aromatic rings. The molecule has 0 aliphatic rings. The number of rotatable bonds is 6. The van der Waals surface area contributed by atoms with Gasteiger partial charge in [0, 0.05) is 6.54 Å². The Morgan fingerprint density at radius 2 is 1.59 bits per heavy atom. The van der Waals surface area contributed by atoms with E-state index < -0.39 is 8.07 Å².